The molecule has 108 valence electrons. The molecule has 0 aliphatic rings. The van der Waals surface area contributed by atoms with Crippen LogP contribution in [0.4, 0.5) is 11.5 Å². The summed E-state index contributed by atoms with van der Waals surface area (Å²) in [5.41, 5.74) is 1.83. The number of hydrogen-bond donors (Lipinski definition) is 1. The number of nitrogens with one attached hydrogen (secondary N) is 1. The smallest absolute Gasteiger partial charge is 0.138 e. The molecule has 0 aliphatic carbocycles. The van der Waals surface area contributed by atoms with Crippen LogP contribution in [0.15, 0.2) is 18.2 Å². The van der Waals surface area contributed by atoms with Crippen LogP contribution in [0.3, 0.4) is 0 Å². The average molecular weight is 321 g/mol. The van der Waals surface area contributed by atoms with Gasteiger partial charge in [-0.05, 0) is 31.5 Å². The monoisotopic (exact) mass is 320 g/mol. The molecule has 0 radical (unpaired) electrons. The largest absolute Gasteiger partial charge is 0.339 e. The summed E-state index contributed by atoms with van der Waals surface area (Å²) in [5.74, 6) is 1.27. The highest BCUT2D eigenvalue weighted by Gasteiger charge is 2.11. The Morgan fingerprint density at radius 3 is 2.71 bits per heavy atom. The van der Waals surface area contributed by atoms with Crippen LogP contribution < -0.4 is 5.32 Å². The molecule has 0 atom stereocenters. The van der Waals surface area contributed by atoms with E-state index >= 15 is 0 Å². The Kier molecular flexibility index (Phi) is 5.00. The van der Waals surface area contributed by atoms with E-state index in [0.717, 1.165) is 18.4 Å². The molecule has 0 saturated carbocycles. The summed E-state index contributed by atoms with van der Waals surface area (Å²) in [6.45, 7) is 3.88. The summed E-state index contributed by atoms with van der Waals surface area (Å²) in [7, 11) is 0. The summed E-state index contributed by atoms with van der Waals surface area (Å²) in [6, 6.07) is 7.15. The molecule has 0 bridgehead atoms. The van der Waals surface area contributed by atoms with Crippen molar-refractivity contribution in [1.29, 1.82) is 5.26 Å². The van der Waals surface area contributed by atoms with Crippen LogP contribution in [-0.4, -0.2) is 9.97 Å². The van der Waals surface area contributed by atoms with Crippen LogP contribution in [0, 0.1) is 18.3 Å². The van der Waals surface area contributed by atoms with E-state index in [2.05, 4.69) is 28.3 Å². The number of rotatable bonds is 4. The zero-order chi connectivity index (χ0) is 15.4. The van der Waals surface area contributed by atoms with Gasteiger partial charge in [0.1, 0.15) is 22.9 Å². The van der Waals surface area contributed by atoms with Crippen molar-refractivity contribution in [2.45, 2.75) is 26.7 Å². The lowest BCUT2D eigenvalue weighted by atomic mass is 10.2. The second kappa shape index (κ2) is 6.75. The van der Waals surface area contributed by atoms with E-state index in [0.29, 0.717) is 33.1 Å². The fourth-order valence-electron chi connectivity index (χ4n) is 1.83. The summed E-state index contributed by atoms with van der Waals surface area (Å²) < 4.78 is 0. The van der Waals surface area contributed by atoms with Crippen LogP contribution in [0.2, 0.25) is 10.2 Å². The van der Waals surface area contributed by atoms with Gasteiger partial charge in [0.15, 0.2) is 0 Å². The lowest BCUT2D eigenvalue weighted by molar-refractivity contribution is 0.833. The molecule has 0 unspecified atom stereocenters. The van der Waals surface area contributed by atoms with E-state index in [4.69, 9.17) is 28.5 Å². The standard InChI is InChI=1S/C15H14Cl2N4/c1-3-4-13-20-14(17)9(2)15(21-13)19-12-7-11(16)6-5-10(12)8-18/h5-7H,3-4H2,1-2H3,(H,19,20,21). The van der Waals surface area contributed by atoms with Crippen LogP contribution in [-0.2, 0) is 6.42 Å². The van der Waals surface area contributed by atoms with Gasteiger partial charge in [0.05, 0.1) is 11.3 Å². The van der Waals surface area contributed by atoms with Gasteiger partial charge in [0.2, 0.25) is 0 Å². The first kappa shape index (κ1) is 15.6. The first-order valence-electron chi connectivity index (χ1n) is 6.54. The summed E-state index contributed by atoms with van der Waals surface area (Å²) in [4.78, 5) is 8.71. The lowest BCUT2D eigenvalue weighted by Crippen LogP contribution is -2.04. The minimum Gasteiger partial charge on any atom is -0.339 e. The molecule has 4 nitrogen and oxygen atoms in total. The van der Waals surface area contributed by atoms with Gasteiger partial charge in [0.25, 0.3) is 0 Å². The van der Waals surface area contributed by atoms with Gasteiger partial charge < -0.3 is 5.32 Å². The van der Waals surface area contributed by atoms with Crippen molar-refractivity contribution in [2.75, 3.05) is 5.32 Å². The second-order valence-electron chi connectivity index (χ2n) is 4.58. The number of aryl methyl sites for hydroxylation is 1. The third-order valence-electron chi connectivity index (χ3n) is 2.96. The molecule has 0 fully saturated rings. The van der Waals surface area contributed by atoms with E-state index in [1.807, 2.05) is 6.92 Å². The van der Waals surface area contributed by atoms with Crippen molar-refractivity contribution >= 4 is 34.7 Å². The Labute approximate surface area is 133 Å². The van der Waals surface area contributed by atoms with E-state index < -0.39 is 0 Å². The summed E-state index contributed by atoms with van der Waals surface area (Å²) in [5, 5.41) is 13.2. The van der Waals surface area contributed by atoms with Crippen molar-refractivity contribution < 1.29 is 0 Å². The molecule has 0 aliphatic heterocycles. The number of halogens is 2. The highest BCUT2D eigenvalue weighted by atomic mass is 35.5. The Morgan fingerprint density at radius 2 is 2.05 bits per heavy atom. The Balaban J connectivity index is 2.44. The Morgan fingerprint density at radius 1 is 1.29 bits per heavy atom. The van der Waals surface area contributed by atoms with Gasteiger partial charge >= 0.3 is 0 Å². The number of benzene rings is 1. The molecule has 0 spiro atoms. The molecule has 1 N–H and O–H groups in total. The molecule has 2 aromatic rings. The molecule has 0 saturated heterocycles. The first-order chi connectivity index (χ1) is 10.0. The summed E-state index contributed by atoms with van der Waals surface area (Å²) in [6.07, 6.45) is 1.68. The van der Waals surface area contributed by atoms with Crippen molar-refractivity contribution in [1.82, 2.24) is 9.97 Å². The maximum Gasteiger partial charge on any atom is 0.138 e. The van der Waals surface area contributed by atoms with Crippen LogP contribution in [0.5, 0.6) is 0 Å². The average Bonchev–Trinajstić information content (AvgIpc) is 2.45. The molecular formula is C15H14Cl2N4. The van der Waals surface area contributed by atoms with Gasteiger partial charge in [-0.3, -0.25) is 0 Å². The predicted octanol–water partition coefficient (Wildman–Crippen LogP) is 4.66. The number of anilines is 2. The number of nitrogens with zero attached hydrogens (tertiary/aromatic N) is 3. The Bertz CT molecular complexity index is 708. The van der Waals surface area contributed by atoms with Crippen molar-refractivity contribution in [3.05, 3.63) is 45.3 Å². The van der Waals surface area contributed by atoms with Crippen LogP contribution >= 0.6 is 23.2 Å². The maximum atomic E-state index is 9.16. The van der Waals surface area contributed by atoms with Gasteiger partial charge in [-0.2, -0.15) is 5.26 Å². The first-order valence-corrected chi connectivity index (χ1v) is 7.30. The van der Waals surface area contributed by atoms with E-state index in [1.165, 1.54) is 0 Å². The van der Waals surface area contributed by atoms with Gasteiger partial charge in [-0.15, -0.1) is 0 Å². The third kappa shape index (κ3) is 3.63. The van der Waals surface area contributed by atoms with E-state index in [1.54, 1.807) is 18.2 Å². The SMILES string of the molecule is CCCc1nc(Cl)c(C)c(Nc2cc(Cl)ccc2C#N)n1. The Hall–Kier alpha value is -1.83. The van der Waals surface area contributed by atoms with Crippen LogP contribution in [0.1, 0.15) is 30.3 Å². The minimum absolute atomic E-state index is 0.413. The fourth-order valence-corrected chi connectivity index (χ4v) is 2.19. The number of hydrogen-bond acceptors (Lipinski definition) is 4. The molecule has 21 heavy (non-hydrogen) atoms. The number of aromatic nitrogens is 2. The fraction of sp³-hybridized carbons (Fsp3) is 0.267. The topological polar surface area (TPSA) is 61.6 Å². The van der Waals surface area contributed by atoms with Crippen molar-refractivity contribution in [3.8, 4) is 6.07 Å². The van der Waals surface area contributed by atoms with Gasteiger partial charge in [0, 0.05) is 17.0 Å². The highest BCUT2D eigenvalue weighted by Crippen LogP contribution is 2.27. The zero-order valence-corrected chi connectivity index (χ0v) is 13.3. The lowest BCUT2D eigenvalue weighted by Gasteiger charge is -2.12. The third-order valence-corrected chi connectivity index (χ3v) is 3.56. The molecule has 6 heteroatoms. The van der Waals surface area contributed by atoms with Gasteiger partial charge in [-0.25, -0.2) is 9.97 Å². The normalized spacial score (nSPS) is 10.2. The predicted molar refractivity (Wildman–Crippen MR) is 85.2 cm³/mol. The number of nitriles is 1. The van der Waals surface area contributed by atoms with Gasteiger partial charge in [-0.1, -0.05) is 30.1 Å². The highest BCUT2D eigenvalue weighted by molar-refractivity contribution is 6.31. The van der Waals surface area contributed by atoms with Crippen LogP contribution in [0.25, 0.3) is 0 Å². The molecule has 2 rings (SSSR count). The second-order valence-corrected chi connectivity index (χ2v) is 5.38. The molecule has 1 aromatic heterocycles. The maximum absolute atomic E-state index is 9.16. The molecule has 1 aromatic carbocycles. The molecule has 1 heterocycles. The summed E-state index contributed by atoms with van der Waals surface area (Å²) >= 11 is 12.1. The van der Waals surface area contributed by atoms with Crippen molar-refractivity contribution in [2.24, 2.45) is 0 Å². The van der Waals surface area contributed by atoms with E-state index in [9.17, 15) is 0 Å². The molecular weight excluding hydrogens is 307 g/mol. The minimum atomic E-state index is 0.413. The quantitative estimate of drug-likeness (QED) is 0.832. The van der Waals surface area contributed by atoms with Crippen molar-refractivity contribution in [3.63, 3.8) is 0 Å². The zero-order valence-electron chi connectivity index (χ0n) is 11.7. The molecule has 0 amide bonds. The van der Waals surface area contributed by atoms with E-state index in [-0.39, 0.29) is 0 Å².